The molecular formula is C11H22N2. The lowest BCUT2D eigenvalue weighted by molar-refractivity contribution is 0.101. The van der Waals surface area contributed by atoms with E-state index < -0.39 is 0 Å². The zero-order valence-corrected chi connectivity index (χ0v) is 9.14. The Morgan fingerprint density at radius 3 is 2.92 bits per heavy atom. The number of rotatable bonds is 2. The van der Waals surface area contributed by atoms with E-state index in [2.05, 4.69) is 37.6 Å². The highest BCUT2D eigenvalue weighted by Crippen LogP contribution is 2.22. The van der Waals surface area contributed by atoms with Gasteiger partial charge in [0, 0.05) is 24.7 Å². The van der Waals surface area contributed by atoms with Gasteiger partial charge < -0.3 is 5.32 Å². The summed E-state index contributed by atoms with van der Waals surface area (Å²) in [6, 6.07) is 0.607. The highest BCUT2D eigenvalue weighted by Gasteiger charge is 2.31. The van der Waals surface area contributed by atoms with E-state index in [9.17, 15) is 0 Å². The highest BCUT2D eigenvalue weighted by atomic mass is 15.2. The molecule has 0 bridgehead atoms. The van der Waals surface area contributed by atoms with Gasteiger partial charge in [0.15, 0.2) is 0 Å². The largest absolute Gasteiger partial charge is 0.315 e. The van der Waals surface area contributed by atoms with Crippen LogP contribution in [0.3, 0.4) is 0 Å². The van der Waals surface area contributed by atoms with Crippen molar-refractivity contribution in [1.82, 2.24) is 10.2 Å². The molecule has 1 aliphatic rings. The van der Waals surface area contributed by atoms with E-state index in [1.807, 2.05) is 6.08 Å². The van der Waals surface area contributed by atoms with Gasteiger partial charge in [-0.1, -0.05) is 6.08 Å². The molecule has 1 fully saturated rings. The highest BCUT2D eigenvalue weighted by molar-refractivity contribution is 4.92. The molecule has 0 saturated carbocycles. The smallest absolute Gasteiger partial charge is 0.0200 e. The van der Waals surface area contributed by atoms with Crippen LogP contribution in [0.25, 0.3) is 0 Å². The van der Waals surface area contributed by atoms with Gasteiger partial charge in [-0.25, -0.2) is 0 Å². The quantitative estimate of drug-likeness (QED) is 0.653. The molecule has 0 spiro atoms. The molecule has 1 saturated heterocycles. The van der Waals surface area contributed by atoms with Gasteiger partial charge in [-0.3, -0.25) is 4.90 Å². The summed E-state index contributed by atoms with van der Waals surface area (Å²) in [5.41, 5.74) is 0.303. The number of nitrogens with zero attached hydrogens (tertiary/aromatic N) is 1. The molecule has 76 valence electrons. The minimum Gasteiger partial charge on any atom is -0.315 e. The van der Waals surface area contributed by atoms with Crippen molar-refractivity contribution in [2.24, 2.45) is 0 Å². The lowest BCUT2D eigenvalue weighted by atomic mass is 9.97. The van der Waals surface area contributed by atoms with Crippen LogP contribution < -0.4 is 5.32 Å². The molecule has 2 nitrogen and oxygen atoms in total. The van der Waals surface area contributed by atoms with E-state index in [1.165, 1.54) is 6.42 Å². The van der Waals surface area contributed by atoms with Crippen molar-refractivity contribution < 1.29 is 0 Å². The lowest BCUT2D eigenvalue weighted by Crippen LogP contribution is -2.49. The molecule has 0 radical (unpaired) electrons. The van der Waals surface area contributed by atoms with Gasteiger partial charge >= 0.3 is 0 Å². The predicted molar refractivity (Wildman–Crippen MR) is 57.9 cm³/mol. The zero-order chi connectivity index (χ0) is 9.90. The van der Waals surface area contributed by atoms with Crippen LogP contribution in [0.5, 0.6) is 0 Å². The molecule has 0 aliphatic carbocycles. The third kappa shape index (κ3) is 2.55. The van der Waals surface area contributed by atoms with Crippen molar-refractivity contribution in [2.45, 2.75) is 38.8 Å². The van der Waals surface area contributed by atoms with E-state index in [0.29, 0.717) is 11.6 Å². The van der Waals surface area contributed by atoms with Crippen molar-refractivity contribution >= 4 is 0 Å². The molecule has 1 atom stereocenters. The SMILES string of the molecule is C=CCN1C(C)CNCCC1(C)C. The van der Waals surface area contributed by atoms with Gasteiger partial charge in [-0.05, 0) is 33.7 Å². The number of hydrogen-bond acceptors (Lipinski definition) is 2. The van der Waals surface area contributed by atoms with Gasteiger partial charge in [0.1, 0.15) is 0 Å². The minimum absolute atomic E-state index is 0.303. The fourth-order valence-electron chi connectivity index (χ4n) is 2.12. The molecular weight excluding hydrogens is 160 g/mol. The third-order valence-corrected chi connectivity index (χ3v) is 2.99. The molecule has 0 amide bonds. The van der Waals surface area contributed by atoms with Crippen LogP contribution in [0.2, 0.25) is 0 Å². The Hall–Kier alpha value is -0.340. The van der Waals surface area contributed by atoms with Crippen LogP contribution in [0.1, 0.15) is 27.2 Å². The zero-order valence-electron chi connectivity index (χ0n) is 9.14. The van der Waals surface area contributed by atoms with Gasteiger partial charge in [0.05, 0.1) is 0 Å². The molecule has 0 aromatic rings. The molecule has 0 aromatic heterocycles. The maximum Gasteiger partial charge on any atom is 0.0200 e. The second kappa shape index (κ2) is 4.25. The van der Waals surface area contributed by atoms with Gasteiger partial charge in [0.2, 0.25) is 0 Å². The van der Waals surface area contributed by atoms with E-state index in [4.69, 9.17) is 0 Å². The summed E-state index contributed by atoms with van der Waals surface area (Å²) in [4.78, 5) is 2.53. The molecule has 1 aliphatic heterocycles. The first kappa shape index (κ1) is 10.7. The van der Waals surface area contributed by atoms with Gasteiger partial charge in [0.25, 0.3) is 0 Å². The average molecular weight is 182 g/mol. The number of hydrogen-bond donors (Lipinski definition) is 1. The first-order valence-corrected chi connectivity index (χ1v) is 5.16. The fraction of sp³-hybridized carbons (Fsp3) is 0.818. The molecule has 1 heterocycles. The van der Waals surface area contributed by atoms with Crippen molar-refractivity contribution in [3.05, 3.63) is 12.7 Å². The molecule has 0 aromatic carbocycles. The number of nitrogens with one attached hydrogen (secondary N) is 1. The Balaban J connectivity index is 2.73. The molecule has 1 unspecified atom stereocenters. The Morgan fingerprint density at radius 1 is 1.62 bits per heavy atom. The van der Waals surface area contributed by atoms with E-state index in [0.717, 1.165) is 19.6 Å². The van der Waals surface area contributed by atoms with Crippen LogP contribution >= 0.6 is 0 Å². The molecule has 1 rings (SSSR count). The van der Waals surface area contributed by atoms with Crippen LogP contribution in [-0.4, -0.2) is 36.1 Å². The standard InChI is InChI=1S/C11H22N2/c1-5-8-13-10(2)9-12-7-6-11(13,3)4/h5,10,12H,1,6-9H2,2-4H3. The monoisotopic (exact) mass is 182 g/mol. The van der Waals surface area contributed by atoms with E-state index in [1.54, 1.807) is 0 Å². The fourth-order valence-corrected chi connectivity index (χ4v) is 2.12. The topological polar surface area (TPSA) is 15.3 Å². The predicted octanol–water partition coefficient (Wildman–Crippen LogP) is 1.63. The Kier molecular flexibility index (Phi) is 3.51. The van der Waals surface area contributed by atoms with Crippen LogP contribution in [0.15, 0.2) is 12.7 Å². The maximum absolute atomic E-state index is 3.82. The molecule has 1 N–H and O–H groups in total. The normalized spacial score (nSPS) is 29.6. The van der Waals surface area contributed by atoms with Crippen molar-refractivity contribution in [2.75, 3.05) is 19.6 Å². The van der Waals surface area contributed by atoms with Crippen LogP contribution in [0, 0.1) is 0 Å². The van der Waals surface area contributed by atoms with Gasteiger partial charge in [-0.15, -0.1) is 6.58 Å². The lowest BCUT2D eigenvalue weighted by Gasteiger charge is -2.40. The third-order valence-electron chi connectivity index (χ3n) is 2.99. The van der Waals surface area contributed by atoms with Crippen molar-refractivity contribution in [3.63, 3.8) is 0 Å². The molecule has 13 heavy (non-hydrogen) atoms. The average Bonchev–Trinajstić information content (AvgIpc) is 2.17. The summed E-state index contributed by atoms with van der Waals surface area (Å²) in [5.74, 6) is 0. The maximum atomic E-state index is 3.82. The summed E-state index contributed by atoms with van der Waals surface area (Å²) in [6.45, 7) is 14.0. The van der Waals surface area contributed by atoms with Crippen LogP contribution in [0.4, 0.5) is 0 Å². The minimum atomic E-state index is 0.303. The Labute approximate surface area is 82.0 Å². The summed E-state index contributed by atoms with van der Waals surface area (Å²) < 4.78 is 0. The summed E-state index contributed by atoms with van der Waals surface area (Å²) in [6.07, 6.45) is 3.22. The molecule has 2 heteroatoms. The Bertz CT molecular complexity index is 175. The summed E-state index contributed by atoms with van der Waals surface area (Å²) in [7, 11) is 0. The van der Waals surface area contributed by atoms with E-state index in [-0.39, 0.29) is 0 Å². The van der Waals surface area contributed by atoms with Gasteiger partial charge in [-0.2, -0.15) is 0 Å². The Morgan fingerprint density at radius 2 is 2.31 bits per heavy atom. The first-order valence-electron chi connectivity index (χ1n) is 5.16. The second-order valence-electron chi connectivity index (χ2n) is 4.56. The van der Waals surface area contributed by atoms with Crippen molar-refractivity contribution in [3.8, 4) is 0 Å². The van der Waals surface area contributed by atoms with Crippen LogP contribution in [-0.2, 0) is 0 Å². The second-order valence-corrected chi connectivity index (χ2v) is 4.56. The summed E-state index contributed by atoms with van der Waals surface area (Å²) >= 11 is 0. The summed E-state index contributed by atoms with van der Waals surface area (Å²) in [5, 5.41) is 3.47. The van der Waals surface area contributed by atoms with E-state index >= 15 is 0 Å². The first-order chi connectivity index (χ1) is 6.08. The van der Waals surface area contributed by atoms with Crippen molar-refractivity contribution in [1.29, 1.82) is 0 Å².